The Hall–Kier alpha value is -2.03. The van der Waals surface area contributed by atoms with Crippen molar-refractivity contribution < 1.29 is 4.79 Å². The monoisotopic (exact) mass is 452 g/mol. The Balaban J connectivity index is 1.76. The minimum absolute atomic E-state index is 0.236. The van der Waals surface area contributed by atoms with Crippen molar-refractivity contribution in [2.45, 2.75) is 38.5 Å². The number of hydrogen-bond donors (Lipinski definition) is 2. The number of rotatable bonds is 8. The van der Waals surface area contributed by atoms with Gasteiger partial charge in [-0.05, 0) is 37.8 Å². The molecule has 0 aliphatic carbocycles. The van der Waals surface area contributed by atoms with E-state index in [0.29, 0.717) is 33.9 Å². The fourth-order valence-electron chi connectivity index (χ4n) is 2.74. The number of nitrogens with one attached hydrogen (secondary N) is 2. The third-order valence-corrected chi connectivity index (χ3v) is 5.07. The highest BCUT2D eigenvalue weighted by Gasteiger charge is 2.14. The first-order chi connectivity index (χ1) is 13.9. The highest BCUT2D eigenvalue weighted by atomic mass is 35.5. The molecule has 29 heavy (non-hydrogen) atoms. The van der Waals surface area contributed by atoms with Crippen molar-refractivity contribution in [3.63, 3.8) is 0 Å². The van der Waals surface area contributed by atoms with Crippen LogP contribution in [0.2, 0.25) is 10.0 Å². The van der Waals surface area contributed by atoms with E-state index in [9.17, 15) is 4.79 Å². The second-order valence-corrected chi connectivity index (χ2v) is 8.71. The summed E-state index contributed by atoms with van der Waals surface area (Å²) in [6.07, 6.45) is 1.75. The summed E-state index contributed by atoms with van der Waals surface area (Å²) in [6, 6.07) is 4.98. The van der Waals surface area contributed by atoms with E-state index in [1.807, 2.05) is 0 Å². The first kappa shape index (κ1) is 21.7. The molecule has 2 heterocycles. The molecule has 0 bridgehead atoms. The molecule has 0 fully saturated rings. The van der Waals surface area contributed by atoms with Crippen molar-refractivity contribution >= 4 is 57.7 Å². The zero-order valence-electron chi connectivity index (χ0n) is 16.4. The molecule has 0 saturated heterocycles. The van der Waals surface area contributed by atoms with Crippen molar-refractivity contribution in [3.05, 3.63) is 40.0 Å². The largest absolute Gasteiger partial charge is 0.367 e. The third-order valence-electron chi connectivity index (χ3n) is 3.91. The lowest BCUT2D eigenvalue weighted by Gasteiger charge is -2.12. The number of hydrogen-bond acceptors (Lipinski definition) is 6. The fourth-order valence-corrected chi connectivity index (χ4v) is 3.83. The van der Waals surface area contributed by atoms with Gasteiger partial charge in [-0.1, -0.05) is 41.9 Å². The number of thioether (sulfide) groups is 1. The average Bonchev–Trinajstić information content (AvgIpc) is 3.04. The first-order valence-electron chi connectivity index (χ1n) is 9.24. The van der Waals surface area contributed by atoms with Gasteiger partial charge in [0.25, 0.3) is 5.91 Å². The normalized spacial score (nSPS) is 11.2. The molecule has 154 valence electrons. The smallest absolute Gasteiger partial charge is 0.251 e. The number of amides is 1. The Bertz CT molecular complexity index is 1000. The van der Waals surface area contributed by atoms with E-state index in [0.717, 1.165) is 22.6 Å². The minimum Gasteiger partial charge on any atom is -0.367 e. The number of benzene rings is 1. The van der Waals surface area contributed by atoms with E-state index in [-0.39, 0.29) is 11.9 Å². The second-order valence-electron chi connectivity index (χ2n) is 6.61. The van der Waals surface area contributed by atoms with Gasteiger partial charge in [-0.2, -0.15) is 5.10 Å². The molecule has 0 atom stereocenters. The molecule has 0 saturated carbocycles. The van der Waals surface area contributed by atoms with Crippen LogP contribution in [0.5, 0.6) is 0 Å². The lowest BCUT2D eigenvalue weighted by Crippen LogP contribution is -2.27. The quantitative estimate of drug-likeness (QED) is 0.386. The molecule has 1 amide bonds. The zero-order valence-corrected chi connectivity index (χ0v) is 18.7. The standard InChI is InChI=1S/C19H22Cl2N6OS/c1-4-29-19-25-16(24-11(2)3)15-10-23-27(17(15)26-19)6-5-22-18(28)12-7-13(20)9-14(21)8-12/h7-11H,4-6H2,1-3H3,(H,22,28)(H,24,25,26). The average molecular weight is 453 g/mol. The molecular formula is C19H22Cl2N6OS. The lowest BCUT2D eigenvalue weighted by atomic mass is 10.2. The van der Waals surface area contributed by atoms with Crippen molar-refractivity contribution in [1.29, 1.82) is 0 Å². The van der Waals surface area contributed by atoms with E-state index >= 15 is 0 Å². The second kappa shape index (κ2) is 9.65. The van der Waals surface area contributed by atoms with Crippen LogP contribution in [-0.2, 0) is 6.54 Å². The Labute approximate surface area is 183 Å². The van der Waals surface area contributed by atoms with Gasteiger partial charge in [0.15, 0.2) is 10.8 Å². The molecule has 7 nitrogen and oxygen atoms in total. The van der Waals surface area contributed by atoms with Gasteiger partial charge in [0.1, 0.15) is 5.82 Å². The molecule has 0 spiro atoms. The summed E-state index contributed by atoms with van der Waals surface area (Å²) in [5.41, 5.74) is 1.15. The van der Waals surface area contributed by atoms with Gasteiger partial charge in [-0.25, -0.2) is 14.6 Å². The molecule has 0 unspecified atom stereocenters. The summed E-state index contributed by atoms with van der Waals surface area (Å²) in [6.45, 7) is 7.03. The van der Waals surface area contributed by atoms with Crippen LogP contribution in [0.25, 0.3) is 11.0 Å². The summed E-state index contributed by atoms with van der Waals surface area (Å²) in [5.74, 6) is 1.40. The summed E-state index contributed by atoms with van der Waals surface area (Å²) >= 11 is 13.5. The maximum absolute atomic E-state index is 12.4. The van der Waals surface area contributed by atoms with Gasteiger partial charge >= 0.3 is 0 Å². The molecular weight excluding hydrogens is 431 g/mol. The first-order valence-corrected chi connectivity index (χ1v) is 11.0. The van der Waals surface area contributed by atoms with Crippen molar-refractivity contribution in [1.82, 2.24) is 25.1 Å². The number of anilines is 1. The Morgan fingerprint density at radius 3 is 2.59 bits per heavy atom. The van der Waals surface area contributed by atoms with Gasteiger partial charge in [0.2, 0.25) is 0 Å². The van der Waals surface area contributed by atoms with E-state index < -0.39 is 0 Å². The van der Waals surface area contributed by atoms with Crippen molar-refractivity contribution in [2.75, 3.05) is 17.6 Å². The van der Waals surface area contributed by atoms with E-state index in [4.69, 9.17) is 23.2 Å². The molecule has 2 aromatic heterocycles. The summed E-state index contributed by atoms with van der Waals surface area (Å²) < 4.78 is 1.77. The molecule has 0 radical (unpaired) electrons. The number of carbonyl (C=O) groups is 1. The number of nitrogens with zero attached hydrogens (tertiary/aromatic N) is 4. The van der Waals surface area contributed by atoms with Crippen LogP contribution in [-0.4, -0.2) is 44.0 Å². The Morgan fingerprint density at radius 1 is 1.21 bits per heavy atom. The van der Waals surface area contributed by atoms with Gasteiger partial charge in [0.05, 0.1) is 18.1 Å². The van der Waals surface area contributed by atoms with E-state index in [1.54, 1.807) is 40.8 Å². The van der Waals surface area contributed by atoms with Crippen LogP contribution >= 0.6 is 35.0 Å². The van der Waals surface area contributed by atoms with Crippen LogP contribution < -0.4 is 10.6 Å². The van der Waals surface area contributed by atoms with Gasteiger partial charge < -0.3 is 10.6 Å². The van der Waals surface area contributed by atoms with Crippen LogP contribution in [0.4, 0.5) is 5.82 Å². The molecule has 0 aliphatic heterocycles. The Kier molecular flexibility index (Phi) is 7.21. The molecule has 1 aromatic carbocycles. The van der Waals surface area contributed by atoms with Crippen LogP contribution in [0.3, 0.4) is 0 Å². The highest BCUT2D eigenvalue weighted by Crippen LogP contribution is 2.25. The topological polar surface area (TPSA) is 84.7 Å². The summed E-state index contributed by atoms with van der Waals surface area (Å²) in [7, 11) is 0. The Morgan fingerprint density at radius 2 is 1.93 bits per heavy atom. The molecule has 10 heteroatoms. The SMILES string of the molecule is CCSc1nc(NC(C)C)c2cnn(CCNC(=O)c3cc(Cl)cc(Cl)c3)c2n1. The van der Waals surface area contributed by atoms with Gasteiger partial charge in [-0.15, -0.1) is 0 Å². The molecule has 0 aliphatic rings. The molecule has 3 rings (SSSR count). The van der Waals surface area contributed by atoms with Crippen LogP contribution in [0.1, 0.15) is 31.1 Å². The summed E-state index contributed by atoms with van der Waals surface area (Å²) in [5, 5.41) is 13.0. The molecule has 3 aromatic rings. The van der Waals surface area contributed by atoms with Gasteiger partial charge in [-0.3, -0.25) is 4.79 Å². The fraction of sp³-hybridized carbons (Fsp3) is 0.368. The predicted octanol–water partition coefficient (Wildman–Crippen LogP) is 4.50. The number of halogens is 2. The number of aromatic nitrogens is 4. The number of fused-ring (bicyclic) bond motifs is 1. The maximum atomic E-state index is 12.4. The van der Waals surface area contributed by atoms with Crippen molar-refractivity contribution in [2.24, 2.45) is 0 Å². The molecule has 2 N–H and O–H groups in total. The maximum Gasteiger partial charge on any atom is 0.251 e. The van der Waals surface area contributed by atoms with Crippen LogP contribution in [0.15, 0.2) is 29.6 Å². The zero-order chi connectivity index (χ0) is 21.0. The predicted molar refractivity (Wildman–Crippen MR) is 119 cm³/mol. The summed E-state index contributed by atoms with van der Waals surface area (Å²) in [4.78, 5) is 21.6. The minimum atomic E-state index is -0.245. The van der Waals surface area contributed by atoms with Crippen molar-refractivity contribution in [3.8, 4) is 0 Å². The van der Waals surface area contributed by atoms with Gasteiger partial charge in [0, 0.05) is 28.2 Å². The van der Waals surface area contributed by atoms with E-state index in [1.165, 1.54) is 0 Å². The highest BCUT2D eigenvalue weighted by molar-refractivity contribution is 7.99. The third kappa shape index (κ3) is 5.52. The van der Waals surface area contributed by atoms with Crippen LogP contribution in [0, 0.1) is 0 Å². The number of carbonyl (C=O) groups excluding carboxylic acids is 1. The van der Waals surface area contributed by atoms with E-state index in [2.05, 4.69) is 46.5 Å². The lowest BCUT2D eigenvalue weighted by molar-refractivity contribution is 0.0952.